The van der Waals surface area contributed by atoms with E-state index in [0.29, 0.717) is 6.04 Å². The summed E-state index contributed by atoms with van der Waals surface area (Å²) in [4.78, 5) is 2.64. The lowest BCUT2D eigenvalue weighted by molar-refractivity contribution is 0.241. The van der Waals surface area contributed by atoms with Crippen molar-refractivity contribution in [3.63, 3.8) is 0 Å². The standard InChI is InChI=1S/C21H28N2/c1-16-6-4-7-19(13-16)21(23-10-5-8-22-9-11-23)20-14-17(2)12-18(3)15-20/h4,6-7,12-15,21-22H,5,8-11H2,1-3H3. The Morgan fingerprint density at radius 3 is 2.30 bits per heavy atom. The van der Waals surface area contributed by atoms with Crippen molar-refractivity contribution in [2.45, 2.75) is 33.2 Å². The maximum absolute atomic E-state index is 3.53. The third-order valence-electron chi connectivity index (χ3n) is 4.66. The monoisotopic (exact) mass is 308 g/mol. The third kappa shape index (κ3) is 4.01. The first kappa shape index (κ1) is 16.2. The summed E-state index contributed by atoms with van der Waals surface area (Å²) in [6.07, 6.45) is 1.22. The molecule has 0 radical (unpaired) electrons. The van der Waals surface area contributed by atoms with Crippen LogP contribution in [0, 0.1) is 20.8 Å². The lowest BCUT2D eigenvalue weighted by atomic mass is 9.93. The number of hydrogen-bond acceptors (Lipinski definition) is 2. The van der Waals surface area contributed by atoms with Crippen molar-refractivity contribution in [2.24, 2.45) is 0 Å². The number of aryl methyl sites for hydroxylation is 3. The second kappa shape index (κ2) is 7.29. The van der Waals surface area contributed by atoms with Crippen LogP contribution in [0.3, 0.4) is 0 Å². The maximum atomic E-state index is 3.53. The average molecular weight is 308 g/mol. The number of rotatable bonds is 3. The zero-order chi connectivity index (χ0) is 16.2. The van der Waals surface area contributed by atoms with Crippen LogP contribution in [0.5, 0.6) is 0 Å². The Morgan fingerprint density at radius 1 is 0.826 bits per heavy atom. The molecule has 2 aromatic rings. The highest BCUT2D eigenvalue weighted by Crippen LogP contribution is 2.31. The van der Waals surface area contributed by atoms with Crippen LogP contribution in [0.2, 0.25) is 0 Å². The SMILES string of the molecule is Cc1cccc(C(c2cc(C)cc(C)c2)N2CCCNCC2)c1. The molecule has 1 unspecified atom stereocenters. The fraction of sp³-hybridized carbons (Fsp3) is 0.429. The molecule has 3 rings (SSSR count). The Balaban J connectivity index is 2.04. The van der Waals surface area contributed by atoms with Crippen molar-refractivity contribution >= 4 is 0 Å². The van der Waals surface area contributed by atoms with Crippen LogP contribution < -0.4 is 5.32 Å². The van der Waals surface area contributed by atoms with E-state index in [1.165, 1.54) is 34.2 Å². The predicted octanol–water partition coefficient (Wildman–Crippen LogP) is 4.00. The molecule has 1 aliphatic rings. The Kier molecular flexibility index (Phi) is 5.14. The van der Waals surface area contributed by atoms with E-state index in [1.807, 2.05) is 0 Å². The van der Waals surface area contributed by atoms with E-state index in [1.54, 1.807) is 0 Å². The topological polar surface area (TPSA) is 15.3 Å². The molecular formula is C21H28N2. The van der Waals surface area contributed by atoms with Crippen LogP contribution in [0.1, 0.15) is 40.3 Å². The van der Waals surface area contributed by atoms with Crippen molar-refractivity contribution in [3.8, 4) is 0 Å². The van der Waals surface area contributed by atoms with Crippen LogP contribution in [0.25, 0.3) is 0 Å². The van der Waals surface area contributed by atoms with E-state index in [2.05, 4.69) is 73.5 Å². The molecule has 1 aliphatic heterocycles. The lowest BCUT2D eigenvalue weighted by Crippen LogP contribution is -2.33. The minimum Gasteiger partial charge on any atom is -0.315 e. The van der Waals surface area contributed by atoms with Crippen LogP contribution in [-0.2, 0) is 0 Å². The third-order valence-corrected chi connectivity index (χ3v) is 4.66. The zero-order valence-corrected chi connectivity index (χ0v) is 14.6. The lowest BCUT2D eigenvalue weighted by Gasteiger charge is -2.32. The van der Waals surface area contributed by atoms with Gasteiger partial charge in [0.15, 0.2) is 0 Å². The number of nitrogens with zero attached hydrogens (tertiary/aromatic N) is 1. The number of nitrogens with one attached hydrogen (secondary N) is 1. The van der Waals surface area contributed by atoms with E-state index in [9.17, 15) is 0 Å². The van der Waals surface area contributed by atoms with Gasteiger partial charge in [0.2, 0.25) is 0 Å². The van der Waals surface area contributed by atoms with Gasteiger partial charge >= 0.3 is 0 Å². The van der Waals surface area contributed by atoms with Gasteiger partial charge in [-0.05, 0) is 44.9 Å². The van der Waals surface area contributed by atoms with Crippen LogP contribution in [0.4, 0.5) is 0 Å². The van der Waals surface area contributed by atoms with Gasteiger partial charge in [0.05, 0.1) is 6.04 Å². The first-order valence-corrected chi connectivity index (χ1v) is 8.73. The molecule has 1 atom stereocenters. The van der Waals surface area contributed by atoms with E-state index >= 15 is 0 Å². The first-order valence-electron chi connectivity index (χ1n) is 8.73. The molecule has 0 bridgehead atoms. The van der Waals surface area contributed by atoms with Crippen molar-refractivity contribution < 1.29 is 0 Å². The summed E-state index contributed by atoms with van der Waals surface area (Å²) < 4.78 is 0. The highest BCUT2D eigenvalue weighted by Gasteiger charge is 2.23. The van der Waals surface area contributed by atoms with Gasteiger partial charge in [-0.25, -0.2) is 0 Å². The van der Waals surface area contributed by atoms with Crippen molar-refractivity contribution in [1.82, 2.24) is 10.2 Å². The van der Waals surface area contributed by atoms with E-state index in [-0.39, 0.29) is 0 Å². The molecule has 1 heterocycles. The molecule has 122 valence electrons. The molecule has 1 N–H and O–H groups in total. The second-order valence-corrected chi connectivity index (χ2v) is 6.88. The van der Waals surface area contributed by atoms with Crippen molar-refractivity contribution in [1.29, 1.82) is 0 Å². The zero-order valence-electron chi connectivity index (χ0n) is 14.6. The van der Waals surface area contributed by atoms with Gasteiger partial charge in [0.1, 0.15) is 0 Å². The van der Waals surface area contributed by atoms with Gasteiger partial charge in [0, 0.05) is 19.6 Å². The average Bonchev–Trinajstić information content (AvgIpc) is 2.76. The quantitative estimate of drug-likeness (QED) is 0.922. The summed E-state index contributed by atoms with van der Waals surface area (Å²) in [7, 11) is 0. The Labute approximate surface area is 140 Å². The summed E-state index contributed by atoms with van der Waals surface area (Å²) >= 11 is 0. The molecule has 2 nitrogen and oxygen atoms in total. The van der Waals surface area contributed by atoms with Gasteiger partial charge in [-0.15, -0.1) is 0 Å². The fourth-order valence-corrected chi connectivity index (χ4v) is 3.75. The molecular weight excluding hydrogens is 280 g/mol. The Hall–Kier alpha value is -1.64. The minimum atomic E-state index is 0.355. The number of hydrogen-bond donors (Lipinski definition) is 1. The molecule has 0 aromatic heterocycles. The van der Waals surface area contributed by atoms with Crippen molar-refractivity contribution in [2.75, 3.05) is 26.2 Å². The smallest absolute Gasteiger partial charge is 0.0602 e. The molecule has 0 amide bonds. The first-order chi connectivity index (χ1) is 11.1. The summed E-state index contributed by atoms with van der Waals surface area (Å²) in [5.41, 5.74) is 6.88. The van der Waals surface area contributed by atoms with E-state index in [4.69, 9.17) is 0 Å². The normalized spacial score (nSPS) is 17.7. The molecule has 0 spiro atoms. The van der Waals surface area contributed by atoms with E-state index in [0.717, 1.165) is 26.2 Å². The Bertz CT molecular complexity index is 634. The number of benzene rings is 2. The fourth-order valence-electron chi connectivity index (χ4n) is 3.75. The summed E-state index contributed by atoms with van der Waals surface area (Å²) in [5, 5.41) is 3.53. The van der Waals surface area contributed by atoms with E-state index < -0.39 is 0 Å². The molecule has 2 heteroatoms. The summed E-state index contributed by atoms with van der Waals surface area (Å²) in [5.74, 6) is 0. The Morgan fingerprint density at radius 2 is 1.57 bits per heavy atom. The van der Waals surface area contributed by atoms with Gasteiger partial charge in [-0.3, -0.25) is 4.90 Å². The molecule has 23 heavy (non-hydrogen) atoms. The molecule has 1 saturated heterocycles. The molecule has 0 aliphatic carbocycles. The second-order valence-electron chi connectivity index (χ2n) is 6.88. The van der Waals surface area contributed by atoms with Gasteiger partial charge < -0.3 is 5.32 Å². The molecule has 1 fully saturated rings. The molecule has 0 saturated carbocycles. The highest BCUT2D eigenvalue weighted by molar-refractivity contribution is 5.38. The van der Waals surface area contributed by atoms with Gasteiger partial charge in [-0.1, -0.05) is 59.2 Å². The summed E-state index contributed by atoms with van der Waals surface area (Å²) in [6, 6.07) is 16.3. The van der Waals surface area contributed by atoms with Gasteiger partial charge in [-0.2, -0.15) is 0 Å². The van der Waals surface area contributed by atoms with Gasteiger partial charge in [0.25, 0.3) is 0 Å². The highest BCUT2D eigenvalue weighted by atomic mass is 15.2. The minimum absolute atomic E-state index is 0.355. The summed E-state index contributed by atoms with van der Waals surface area (Å²) in [6.45, 7) is 11.1. The largest absolute Gasteiger partial charge is 0.315 e. The van der Waals surface area contributed by atoms with Crippen LogP contribution >= 0.6 is 0 Å². The van der Waals surface area contributed by atoms with Crippen LogP contribution in [-0.4, -0.2) is 31.1 Å². The van der Waals surface area contributed by atoms with Crippen molar-refractivity contribution in [3.05, 3.63) is 70.3 Å². The van der Waals surface area contributed by atoms with Crippen LogP contribution in [0.15, 0.2) is 42.5 Å². The molecule has 2 aromatic carbocycles. The maximum Gasteiger partial charge on any atom is 0.0602 e. The predicted molar refractivity (Wildman–Crippen MR) is 98.0 cm³/mol.